The molecule has 0 saturated heterocycles. The fraction of sp³-hybridized carbons (Fsp3) is 0.423. The third-order valence-corrected chi connectivity index (χ3v) is 6.58. The van der Waals surface area contributed by atoms with Crippen molar-refractivity contribution in [1.82, 2.24) is 0 Å². The van der Waals surface area contributed by atoms with Crippen LogP contribution >= 0.6 is 23.2 Å². The van der Waals surface area contributed by atoms with E-state index in [0.717, 1.165) is 17.0 Å². The molecule has 1 heterocycles. The van der Waals surface area contributed by atoms with E-state index in [1.165, 1.54) is 0 Å². The number of nitrogens with zero attached hydrogens (tertiary/aromatic N) is 1. The van der Waals surface area contributed by atoms with E-state index in [1.54, 1.807) is 12.1 Å². The van der Waals surface area contributed by atoms with Crippen molar-refractivity contribution in [3.8, 4) is 0 Å². The average molecular weight is 460 g/mol. The topological polar surface area (TPSA) is 41.8 Å². The van der Waals surface area contributed by atoms with Crippen LogP contribution in [0.15, 0.2) is 66.2 Å². The Hall–Kier alpha value is -1.81. The maximum atomic E-state index is 11.4. The highest BCUT2D eigenvalue weighted by molar-refractivity contribution is 6.30. The maximum Gasteiger partial charge on any atom is 0.190 e. The van der Waals surface area contributed by atoms with Gasteiger partial charge in [-0.1, -0.05) is 74.3 Å². The molecule has 0 unspecified atom stereocenters. The van der Waals surface area contributed by atoms with Gasteiger partial charge in [0.1, 0.15) is 6.61 Å². The molecule has 2 aromatic carbocycles. The van der Waals surface area contributed by atoms with Crippen molar-refractivity contribution in [3.63, 3.8) is 0 Å². The number of allylic oxidation sites excluding steroid dienone is 1. The smallest absolute Gasteiger partial charge is 0.190 e. The third-order valence-electron chi connectivity index (χ3n) is 6.09. The first-order valence-electron chi connectivity index (χ1n) is 10.7. The molecule has 0 aliphatic carbocycles. The first kappa shape index (κ1) is 23.8. The Balaban J connectivity index is 2.00. The van der Waals surface area contributed by atoms with Gasteiger partial charge < -0.3 is 9.84 Å². The van der Waals surface area contributed by atoms with Crippen molar-refractivity contribution < 1.29 is 9.84 Å². The first-order chi connectivity index (χ1) is 14.7. The summed E-state index contributed by atoms with van der Waals surface area (Å²) in [5, 5.41) is 12.7. The zero-order chi connectivity index (χ0) is 22.6. The van der Waals surface area contributed by atoms with Crippen LogP contribution in [0.1, 0.15) is 56.8 Å². The van der Waals surface area contributed by atoms with Gasteiger partial charge in [0, 0.05) is 21.4 Å². The molecule has 0 bridgehead atoms. The minimum absolute atomic E-state index is 0.157. The number of hydrogen-bond donors (Lipinski definition) is 1. The van der Waals surface area contributed by atoms with Crippen LogP contribution in [0, 0.1) is 11.3 Å². The molecular formula is C26H31Cl2NO2. The van der Waals surface area contributed by atoms with E-state index in [1.807, 2.05) is 42.5 Å². The number of benzene rings is 2. The molecule has 3 rings (SSSR count). The van der Waals surface area contributed by atoms with E-state index in [2.05, 4.69) is 27.4 Å². The monoisotopic (exact) mass is 459 g/mol. The highest BCUT2D eigenvalue weighted by Crippen LogP contribution is 2.44. The lowest BCUT2D eigenvalue weighted by Gasteiger charge is -2.34. The third kappa shape index (κ3) is 5.71. The SMILES string of the molecule is C=CC[C@@](C)(C[C@@H](c1cccc(Cl)c1)[C@@H](O)c1ccc(Cl)cc1)C1=N[C@@H](C(C)C)CO1. The summed E-state index contributed by atoms with van der Waals surface area (Å²) in [7, 11) is 0. The minimum atomic E-state index is -0.734. The number of rotatable bonds is 9. The van der Waals surface area contributed by atoms with E-state index >= 15 is 0 Å². The van der Waals surface area contributed by atoms with Crippen LogP contribution in [-0.2, 0) is 4.74 Å². The second-order valence-corrected chi connectivity index (χ2v) is 9.84. The average Bonchev–Trinajstić information content (AvgIpc) is 3.24. The van der Waals surface area contributed by atoms with Gasteiger partial charge in [0.15, 0.2) is 5.90 Å². The molecule has 0 radical (unpaired) electrons. The van der Waals surface area contributed by atoms with Gasteiger partial charge in [0.25, 0.3) is 0 Å². The first-order valence-corrected chi connectivity index (χ1v) is 11.5. The number of halogens is 2. The van der Waals surface area contributed by atoms with Crippen molar-refractivity contribution >= 4 is 29.1 Å². The number of ether oxygens (including phenoxy) is 1. The number of hydrogen-bond acceptors (Lipinski definition) is 3. The van der Waals surface area contributed by atoms with E-state index in [0.29, 0.717) is 35.4 Å². The van der Waals surface area contributed by atoms with Crippen LogP contribution in [0.5, 0.6) is 0 Å². The normalized spacial score (nSPS) is 20.0. The van der Waals surface area contributed by atoms with Gasteiger partial charge in [0.2, 0.25) is 0 Å². The van der Waals surface area contributed by atoms with Crippen LogP contribution in [0.4, 0.5) is 0 Å². The van der Waals surface area contributed by atoms with Gasteiger partial charge in [-0.25, -0.2) is 4.99 Å². The van der Waals surface area contributed by atoms with E-state index < -0.39 is 11.5 Å². The van der Waals surface area contributed by atoms with E-state index in [-0.39, 0.29) is 12.0 Å². The molecule has 1 aliphatic rings. The largest absolute Gasteiger partial charge is 0.478 e. The highest BCUT2D eigenvalue weighted by Gasteiger charge is 2.40. The Morgan fingerprint density at radius 1 is 1.16 bits per heavy atom. The van der Waals surface area contributed by atoms with Crippen molar-refractivity contribution in [1.29, 1.82) is 0 Å². The molecule has 0 fully saturated rings. The fourth-order valence-corrected chi connectivity index (χ4v) is 4.49. The van der Waals surface area contributed by atoms with Crippen LogP contribution in [0.3, 0.4) is 0 Å². The van der Waals surface area contributed by atoms with Crippen LogP contribution in [-0.4, -0.2) is 23.7 Å². The van der Waals surface area contributed by atoms with E-state index in [9.17, 15) is 5.11 Å². The van der Waals surface area contributed by atoms with Crippen LogP contribution < -0.4 is 0 Å². The molecule has 1 N–H and O–H groups in total. The van der Waals surface area contributed by atoms with Gasteiger partial charge >= 0.3 is 0 Å². The van der Waals surface area contributed by atoms with Crippen LogP contribution in [0.25, 0.3) is 0 Å². The molecule has 166 valence electrons. The Morgan fingerprint density at radius 3 is 2.45 bits per heavy atom. The molecule has 2 aromatic rings. The van der Waals surface area contributed by atoms with Gasteiger partial charge in [-0.15, -0.1) is 6.58 Å². The highest BCUT2D eigenvalue weighted by atomic mass is 35.5. The summed E-state index contributed by atoms with van der Waals surface area (Å²) < 4.78 is 6.08. The second-order valence-electron chi connectivity index (χ2n) is 8.97. The summed E-state index contributed by atoms with van der Waals surface area (Å²) in [6, 6.07) is 15.2. The van der Waals surface area contributed by atoms with E-state index in [4.69, 9.17) is 32.9 Å². The lowest BCUT2D eigenvalue weighted by atomic mass is 9.73. The Bertz CT molecular complexity index is 925. The summed E-state index contributed by atoms with van der Waals surface area (Å²) in [5.41, 5.74) is 1.39. The van der Waals surface area contributed by atoms with Gasteiger partial charge in [-0.05, 0) is 54.2 Å². The summed E-state index contributed by atoms with van der Waals surface area (Å²) in [6.45, 7) is 11.0. The molecular weight excluding hydrogens is 429 g/mol. The van der Waals surface area contributed by atoms with Crippen molar-refractivity contribution in [2.45, 2.75) is 51.7 Å². The van der Waals surface area contributed by atoms with Gasteiger partial charge in [-0.3, -0.25) is 0 Å². The predicted octanol–water partition coefficient (Wildman–Crippen LogP) is 7.24. The molecule has 0 aromatic heterocycles. The molecule has 4 atom stereocenters. The van der Waals surface area contributed by atoms with Crippen molar-refractivity contribution in [2.75, 3.05) is 6.61 Å². The molecule has 3 nitrogen and oxygen atoms in total. The number of aliphatic hydroxyl groups is 1. The van der Waals surface area contributed by atoms with Gasteiger partial charge in [-0.2, -0.15) is 0 Å². The zero-order valence-corrected chi connectivity index (χ0v) is 19.9. The summed E-state index contributed by atoms with van der Waals surface area (Å²) in [5.74, 6) is 0.949. The predicted molar refractivity (Wildman–Crippen MR) is 130 cm³/mol. The maximum absolute atomic E-state index is 11.4. The molecule has 31 heavy (non-hydrogen) atoms. The quantitative estimate of drug-likeness (QED) is 0.401. The zero-order valence-electron chi connectivity index (χ0n) is 18.4. The number of aliphatic imine (C=N–C) groups is 1. The minimum Gasteiger partial charge on any atom is -0.478 e. The second kappa shape index (κ2) is 10.2. The Kier molecular flexibility index (Phi) is 7.85. The Labute approximate surface area is 195 Å². The van der Waals surface area contributed by atoms with Crippen molar-refractivity contribution in [3.05, 3.63) is 82.4 Å². The summed E-state index contributed by atoms with van der Waals surface area (Å²) in [6.07, 6.45) is 2.49. The van der Waals surface area contributed by atoms with Crippen molar-refractivity contribution in [2.24, 2.45) is 16.3 Å². The Morgan fingerprint density at radius 2 is 1.87 bits per heavy atom. The number of aliphatic hydroxyl groups excluding tert-OH is 1. The van der Waals surface area contributed by atoms with Gasteiger partial charge in [0.05, 0.1) is 12.1 Å². The molecule has 5 heteroatoms. The molecule has 0 spiro atoms. The fourth-order valence-electron chi connectivity index (χ4n) is 4.16. The lowest BCUT2D eigenvalue weighted by molar-refractivity contribution is 0.121. The molecule has 0 saturated carbocycles. The van der Waals surface area contributed by atoms with Crippen LogP contribution in [0.2, 0.25) is 10.0 Å². The standard InChI is InChI=1S/C26H31Cl2NO2/c1-5-13-26(4,25-29-23(16-31-25)17(2)3)15-22(19-7-6-8-21(28)14-19)24(30)18-9-11-20(27)12-10-18/h5-12,14,17,22-24,30H,1,13,15-16H2,2-4H3/t22-,23+,24-,26-/m0/s1. The molecule has 0 amide bonds. The summed E-state index contributed by atoms with van der Waals surface area (Å²) >= 11 is 12.4. The molecule has 1 aliphatic heterocycles. The summed E-state index contributed by atoms with van der Waals surface area (Å²) in [4.78, 5) is 4.91. The lowest BCUT2D eigenvalue weighted by Crippen LogP contribution is -2.31.